The topological polar surface area (TPSA) is 216 Å². The van der Waals surface area contributed by atoms with E-state index in [1.807, 2.05) is 36.4 Å². The molecule has 0 spiro atoms. The number of primary amides is 1. The van der Waals surface area contributed by atoms with Gasteiger partial charge in [-0.15, -0.1) is 0 Å². The van der Waals surface area contributed by atoms with Gasteiger partial charge in [-0.05, 0) is 43.0 Å². The Bertz CT molecular complexity index is 1180. The van der Waals surface area contributed by atoms with Crippen LogP contribution in [0.3, 0.4) is 0 Å². The number of nitrogens with zero attached hydrogens (tertiary/aromatic N) is 1. The number of guanidine groups is 1. The lowest BCUT2D eigenvalue weighted by Gasteiger charge is -2.06. The molecule has 1 aromatic heterocycles. The normalized spacial score (nSPS) is 10.2. The number of anilines is 2. The summed E-state index contributed by atoms with van der Waals surface area (Å²) >= 11 is 0. The number of aryl methyl sites for hydroxylation is 1. The summed E-state index contributed by atoms with van der Waals surface area (Å²) in [5, 5.41) is 12.2. The second kappa shape index (κ2) is 13.2. The summed E-state index contributed by atoms with van der Waals surface area (Å²) in [5.74, 6) is -1.36. The van der Waals surface area contributed by atoms with E-state index in [1.54, 1.807) is 12.1 Å². The maximum Gasteiger partial charge on any atom is 0.303 e. The van der Waals surface area contributed by atoms with Gasteiger partial charge in [-0.2, -0.15) is 0 Å². The molecule has 1 heterocycles. The van der Waals surface area contributed by atoms with Crippen LogP contribution >= 0.6 is 0 Å². The lowest BCUT2D eigenvalue weighted by molar-refractivity contribution is -0.137. The molecule has 2 amide bonds. The molecule has 11 N–H and O–H groups in total. The van der Waals surface area contributed by atoms with Crippen molar-refractivity contribution in [3.8, 4) is 0 Å². The maximum atomic E-state index is 11.7. The van der Waals surface area contributed by atoms with Gasteiger partial charge < -0.3 is 38.3 Å². The molecular weight excluding hydrogens is 450 g/mol. The maximum absolute atomic E-state index is 11.7. The third-order valence-corrected chi connectivity index (χ3v) is 4.96. The molecule has 0 atom stereocenters. The number of nitrogens with one attached hydrogen (secondary N) is 2. The Labute approximate surface area is 202 Å². The van der Waals surface area contributed by atoms with Crippen LogP contribution in [0.1, 0.15) is 41.7 Å². The average Bonchev–Trinajstić information content (AvgIpc) is 3.15. The molecule has 0 saturated carbocycles. The number of carboxylic acids is 1. The molecule has 11 nitrogen and oxygen atoms in total. The highest BCUT2D eigenvalue weighted by atomic mass is 16.4. The van der Waals surface area contributed by atoms with Gasteiger partial charge in [0.05, 0.1) is 5.69 Å². The number of para-hydroxylation sites is 1. The van der Waals surface area contributed by atoms with Crippen LogP contribution in [0.25, 0.3) is 10.9 Å². The Morgan fingerprint density at radius 3 is 2.23 bits per heavy atom. The van der Waals surface area contributed by atoms with Crippen LogP contribution in [0.4, 0.5) is 11.4 Å². The van der Waals surface area contributed by atoms with E-state index in [9.17, 15) is 14.4 Å². The highest BCUT2D eigenvalue weighted by molar-refractivity contribution is 6.06. The van der Waals surface area contributed by atoms with Crippen LogP contribution in [-0.2, 0) is 16.0 Å². The number of aliphatic imine (C=N–C) groups is 1. The summed E-state index contributed by atoms with van der Waals surface area (Å²) in [6.07, 6.45) is 2.44. The summed E-state index contributed by atoms with van der Waals surface area (Å²) in [6, 6.07) is 14.6. The van der Waals surface area contributed by atoms with E-state index in [0.29, 0.717) is 37.2 Å². The summed E-state index contributed by atoms with van der Waals surface area (Å²) in [6.45, 7) is 0.522. The summed E-state index contributed by atoms with van der Waals surface area (Å²) in [7, 11) is 0. The van der Waals surface area contributed by atoms with E-state index in [2.05, 4.69) is 15.3 Å². The second-order valence-electron chi connectivity index (χ2n) is 7.73. The molecule has 3 rings (SSSR count). The zero-order chi connectivity index (χ0) is 25.8. The molecule has 2 aromatic carbocycles. The molecule has 0 radical (unpaired) electrons. The number of carboxylic acid groups (broad SMARTS) is 1. The van der Waals surface area contributed by atoms with Crippen LogP contribution in [-0.4, -0.2) is 40.4 Å². The number of carbonyl (C=O) groups excluding carboxylic acids is 2. The van der Waals surface area contributed by atoms with Crippen molar-refractivity contribution < 1.29 is 19.5 Å². The zero-order valence-corrected chi connectivity index (χ0v) is 19.3. The minimum absolute atomic E-state index is 0.0624. The number of hydrogen-bond donors (Lipinski definition) is 7. The number of unbranched alkanes of at least 4 members (excludes halogenated alkanes) is 1. The number of benzene rings is 2. The number of hydrogen-bond acceptors (Lipinski definition) is 5. The highest BCUT2D eigenvalue weighted by Crippen LogP contribution is 2.23. The molecular formula is C24H31N7O4. The Balaban J connectivity index is 0.000000279. The van der Waals surface area contributed by atoms with Gasteiger partial charge in [0, 0.05) is 36.0 Å². The Morgan fingerprint density at radius 2 is 1.63 bits per heavy atom. The van der Waals surface area contributed by atoms with E-state index in [4.69, 9.17) is 28.0 Å². The smallest absolute Gasteiger partial charge is 0.303 e. The van der Waals surface area contributed by atoms with Crippen molar-refractivity contribution in [2.45, 2.75) is 32.1 Å². The summed E-state index contributed by atoms with van der Waals surface area (Å²) in [4.78, 5) is 39.8. The molecule has 0 aliphatic rings. The van der Waals surface area contributed by atoms with E-state index in [-0.39, 0.29) is 24.0 Å². The van der Waals surface area contributed by atoms with Crippen LogP contribution < -0.4 is 28.3 Å². The number of rotatable bonds is 10. The van der Waals surface area contributed by atoms with Crippen molar-refractivity contribution in [3.05, 3.63) is 59.8 Å². The number of fused-ring (bicyclic) bond motifs is 1. The number of carbonyl (C=O) groups is 3. The minimum atomic E-state index is -0.821. The van der Waals surface area contributed by atoms with Crippen molar-refractivity contribution in [2.75, 3.05) is 17.6 Å². The monoisotopic (exact) mass is 481 g/mol. The molecule has 0 saturated heterocycles. The first-order valence-corrected chi connectivity index (χ1v) is 11.0. The van der Waals surface area contributed by atoms with Crippen molar-refractivity contribution in [3.63, 3.8) is 0 Å². The largest absolute Gasteiger partial charge is 0.481 e. The van der Waals surface area contributed by atoms with Gasteiger partial charge in [0.2, 0.25) is 5.91 Å². The minimum Gasteiger partial charge on any atom is -0.481 e. The Morgan fingerprint density at radius 1 is 0.943 bits per heavy atom. The number of nitrogens with two attached hydrogens (primary N) is 4. The second-order valence-corrected chi connectivity index (χ2v) is 7.73. The molecule has 0 unspecified atom stereocenters. The number of H-pyrrole nitrogens is 1. The predicted molar refractivity (Wildman–Crippen MR) is 137 cm³/mol. The first-order chi connectivity index (χ1) is 16.7. The molecule has 0 aliphatic heterocycles. The molecule has 11 heteroatoms. The summed E-state index contributed by atoms with van der Waals surface area (Å²) < 4.78 is 0. The lowest BCUT2D eigenvalue weighted by atomic mass is 10.1. The fourth-order valence-electron chi connectivity index (χ4n) is 3.19. The zero-order valence-electron chi connectivity index (χ0n) is 19.3. The number of aromatic nitrogens is 1. The lowest BCUT2D eigenvalue weighted by Crippen LogP contribution is -2.23. The van der Waals surface area contributed by atoms with Gasteiger partial charge in [0.15, 0.2) is 5.96 Å². The SMILES string of the molecule is NC(=O)c1[nH]c2ccccc2c1N.NC(N)=NCCCCC(=O)Nc1ccc(CCC(=O)O)cc1. The van der Waals surface area contributed by atoms with Gasteiger partial charge in [0.1, 0.15) is 5.69 Å². The van der Waals surface area contributed by atoms with Gasteiger partial charge >= 0.3 is 5.97 Å². The highest BCUT2D eigenvalue weighted by Gasteiger charge is 2.11. The van der Waals surface area contributed by atoms with Crippen molar-refractivity contribution in [1.29, 1.82) is 0 Å². The van der Waals surface area contributed by atoms with Crippen LogP contribution in [0.2, 0.25) is 0 Å². The molecule has 0 bridgehead atoms. The fourth-order valence-corrected chi connectivity index (χ4v) is 3.19. The van der Waals surface area contributed by atoms with E-state index >= 15 is 0 Å². The number of amides is 2. The molecule has 0 aliphatic carbocycles. The van der Waals surface area contributed by atoms with E-state index < -0.39 is 11.9 Å². The van der Waals surface area contributed by atoms with Crippen LogP contribution in [0, 0.1) is 0 Å². The quantitative estimate of drug-likeness (QED) is 0.129. The Hall–Kier alpha value is -4.54. The number of aromatic amines is 1. The third-order valence-electron chi connectivity index (χ3n) is 4.96. The van der Waals surface area contributed by atoms with E-state index in [1.165, 1.54) is 0 Å². The van der Waals surface area contributed by atoms with Crippen molar-refractivity contribution >= 4 is 46.0 Å². The number of aliphatic carboxylic acids is 1. The van der Waals surface area contributed by atoms with Gasteiger partial charge in [-0.25, -0.2) is 0 Å². The summed E-state index contributed by atoms with van der Waals surface area (Å²) in [5.41, 5.74) is 24.4. The predicted octanol–water partition coefficient (Wildman–Crippen LogP) is 1.94. The third kappa shape index (κ3) is 9.08. The average molecular weight is 482 g/mol. The standard InChI is InChI=1S/C15H22N4O3.C9H9N3O/c16-15(17)18-10-2-1-3-13(20)19-12-7-4-11(5-8-12)6-9-14(21)22;10-7-5-3-1-2-4-6(5)12-8(7)9(11)13/h4-5,7-8H,1-3,6,9-10H2,(H,19,20)(H,21,22)(H4,16,17,18);1-4,12H,10H2,(H2,11,13). The first-order valence-electron chi connectivity index (χ1n) is 11.0. The molecule has 186 valence electrons. The Kier molecular flexibility index (Phi) is 10.1. The fraction of sp³-hybridized carbons (Fsp3) is 0.250. The van der Waals surface area contributed by atoms with Crippen LogP contribution in [0.15, 0.2) is 53.5 Å². The van der Waals surface area contributed by atoms with Gasteiger partial charge in [-0.1, -0.05) is 30.3 Å². The number of nitrogen functional groups attached to an aromatic ring is 1. The van der Waals surface area contributed by atoms with Crippen molar-refractivity contribution in [1.82, 2.24) is 4.98 Å². The molecule has 0 fully saturated rings. The molecule has 35 heavy (non-hydrogen) atoms. The van der Waals surface area contributed by atoms with Crippen molar-refractivity contribution in [2.24, 2.45) is 22.2 Å². The van der Waals surface area contributed by atoms with Crippen LogP contribution in [0.5, 0.6) is 0 Å². The first kappa shape index (κ1) is 26.7. The van der Waals surface area contributed by atoms with Gasteiger partial charge in [-0.3, -0.25) is 19.4 Å². The van der Waals surface area contributed by atoms with E-state index in [0.717, 1.165) is 22.9 Å². The van der Waals surface area contributed by atoms with Gasteiger partial charge in [0.25, 0.3) is 5.91 Å². The molecule has 3 aromatic rings.